The number of nitrogens with two attached hydrogens (primary N) is 1. The number of carbonyl (C=O) groups is 1. The van der Waals surface area contributed by atoms with Gasteiger partial charge in [0.1, 0.15) is 12.1 Å². The molecule has 0 radical (unpaired) electrons. The summed E-state index contributed by atoms with van der Waals surface area (Å²) in [6, 6.07) is 0. The van der Waals surface area contributed by atoms with Crippen LogP contribution in [0.2, 0.25) is 0 Å². The molecule has 0 heterocycles. The highest BCUT2D eigenvalue weighted by Gasteiger charge is 2.45. The second-order valence-corrected chi connectivity index (χ2v) is 4.39. The second kappa shape index (κ2) is 5.22. The Morgan fingerprint density at radius 2 is 2.18 bits per heavy atom. The average molecular weight is 255 g/mol. The normalized spacial score (nSPS) is 29.5. The first kappa shape index (κ1) is 14.2. The summed E-state index contributed by atoms with van der Waals surface area (Å²) in [4.78, 5) is 11.0. The zero-order valence-corrected chi connectivity index (χ0v) is 9.29. The maximum Gasteiger partial charge on any atom is 0.411 e. The molecule has 0 saturated heterocycles. The Hall–Kier alpha value is -0.820. The molecule has 0 aromatic heterocycles. The molecule has 1 aliphatic carbocycles. The first-order valence-corrected chi connectivity index (χ1v) is 5.42. The van der Waals surface area contributed by atoms with Crippen LogP contribution in [0.5, 0.6) is 0 Å². The van der Waals surface area contributed by atoms with Gasteiger partial charge in [-0.15, -0.1) is 0 Å². The Morgan fingerprint density at radius 1 is 1.53 bits per heavy atom. The molecule has 2 atom stereocenters. The van der Waals surface area contributed by atoms with E-state index >= 15 is 0 Å². The summed E-state index contributed by atoms with van der Waals surface area (Å²) in [7, 11) is 0. The van der Waals surface area contributed by atoms with Crippen LogP contribution in [-0.4, -0.2) is 36.0 Å². The molecule has 1 fully saturated rings. The van der Waals surface area contributed by atoms with Crippen molar-refractivity contribution in [1.82, 2.24) is 0 Å². The van der Waals surface area contributed by atoms with Crippen molar-refractivity contribution in [2.75, 3.05) is 13.2 Å². The van der Waals surface area contributed by atoms with Crippen molar-refractivity contribution in [3.63, 3.8) is 0 Å². The standard InChI is InChI=1S/C10H16F3NO3/c11-10(12,13)6-17-5-3-7-2-1-4-9(7,14)8(15)16/h7H,1-6,14H2,(H,15,16). The Morgan fingerprint density at radius 3 is 2.71 bits per heavy atom. The summed E-state index contributed by atoms with van der Waals surface area (Å²) in [5, 5.41) is 8.98. The predicted octanol–water partition coefficient (Wildman–Crippen LogP) is 1.54. The minimum absolute atomic E-state index is 0.115. The number of hydrogen-bond donors (Lipinski definition) is 2. The van der Waals surface area contributed by atoms with Gasteiger partial charge in [0, 0.05) is 6.61 Å². The maximum atomic E-state index is 11.8. The van der Waals surface area contributed by atoms with E-state index in [9.17, 15) is 18.0 Å². The highest BCUT2D eigenvalue weighted by atomic mass is 19.4. The molecule has 4 nitrogen and oxygen atoms in total. The van der Waals surface area contributed by atoms with Gasteiger partial charge in [0.25, 0.3) is 0 Å². The van der Waals surface area contributed by atoms with Gasteiger partial charge in [-0.1, -0.05) is 6.42 Å². The first-order chi connectivity index (χ1) is 7.76. The minimum atomic E-state index is -4.34. The van der Waals surface area contributed by atoms with E-state index in [-0.39, 0.29) is 18.9 Å². The average Bonchev–Trinajstić information content (AvgIpc) is 2.55. The topological polar surface area (TPSA) is 72.6 Å². The van der Waals surface area contributed by atoms with Crippen LogP contribution < -0.4 is 5.73 Å². The number of rotatable bonds is 5. The summed E-state index contributed by atoms with van der Waals surface area (Å²) in [5.74, 6) is -1.40. The van der Waals surface area contributed by atoms with E-state index in [0.717, 1.165) is 0 Å². The molecule has 0 aliphatic heterocycles. The lowest BCUT2D eigenvalue weighted by molar-refractivity contribution is -0.175. The SMILES string of the molecule is NC1(C(=O)O)CCCC1CCOCC(F)(F)F. The third-order valence-corrected chi connectivity index (χ3v) is 3.15. The number of carboxylic acids is 1. The van der Waals surface area contributed by atoms with Gasteiger partial charge in [0.15, 0.2) is 0 Å². The van der Waals surface area contributed by atoms with E-state index in [2.05, 4.69) is 4.74 Å². The predicted molar refractivity (Wildman–Crippen MR) is 53.4 cm³/mol. The van der Waals surface area contributed by atoms with Crippen LogP contribution in [0.25, 0.3) is 0 Å². The molecule has 0 amide bonds. The molecule has 100 valence electrons. The van der Waals surface area contributed by atoms with Gasteiger partial charge in [0.2, 0.25) is 0 Å². The molecule has 1 aliphatic rings. The van der Waals surface area contributed by atoms with Gasteiger partial charge in [0.05, 0.1) is 0 Å². The van der Waals surface area contributed by atoms with Gasteiger partial charge < -0.3 is 15.6 Å². The van der Waals surface area contributed by atoms with Crippen molar-refractivity contribution in [3.05, 3.63) is 0 Å². The summed E-state index contributed by atoms with van der Waals surface area (Å²) in [6.45, 7) is -1.42. The molecule has 3 N–H and O–H groups in total. The quantitative estimate of drug-likeness (QED) is 0.731. The number of halogens is 3. The van der Waals surface area contributed by atoms with Crippen molar-refractivity contribution in [2.24, 2.45) is 11.7 Å². The smallest absolute Gasteiger partial charge is 0.411 e. The number of ether oxygens (including phenoxy) is 1. The van der Waals surface area contributed by atoms with Gasteiger partial charge in [-0.3, -0.25) is 4.79 Å². The Balaban J connectivity index is 2.34. The van der Waals surface area contributed by atoms with Crippen LogP contribution in [-0.2, 0) is 9.53 Å². The van der Waals surface area contributed by atoms with E-state index in [1.807, 2.05) is 0 Å². The van der Waals surface area contributed by atoms with Crippen LogP contribution in [0.3, 0.4) is 0 Å². The van der Waals surface area contributed by atoms with E-state index in [4.69, 9.17) is 10.8 Å². The van der Waals surface area contributed by atoms with Crippen LogP contribution in [0, 0.1) is 5.92 Å². The fraction of sp³-hybridized carbons (Fsp3) is 0.900. The Labute approximate surface area is 96.9 Å². The Bertz CT molecular complexity index is 282. The molecule has 17 heavy (non-hydrogen) atoms. The monoisotopic (exact) mass is 255 g/mol. The molecule has 0 spiro atoms. The van der Waals surface area contributed by atoms with Crippen LogP contribution in [0.4, 0.5) is 13.2 Å². The lowest BCUT2D eigenvalue weighted by atomic mass is 9.86. The Kier molecular flexibility index (Phi) is 4.37. The highest BCUT2D eigenvalue weighted by Crippen LogP contribution is 2.36. The highest BCUT2D eigenvalue weighted by molar-refractivity contribution is 5.79. The van der Waals surface area contributed by atoms with Crippen LogP contribution in [0.1, 0.15) is 25.7 Å². The lowest BCUT2D eigenvalue weighted by Crippen LogP contribution is -2.51. The van der Waals surface area contributed by atoms with Crippen molar-refractivity contribution >= 4 is 5.97 Å². The molecule has 7 heteroatoms. The van der Waals surface area contributed by atoms with E-state index in [0.29, 0.717) is 19.3 Å². The molecule has 1 rings (SSSR count). The summed E-state index contributed by atoms with van der Waals surface area (Å²) >= 11 is 0. The molecular weight excluding hydrogens is 239 g/mol. The van der Waals surface area contributed by atoms with Crippen LogP contribution >= 0.6 is 0 Å². The molecule has 1 saturated carbocycles. The number of hydrogen-bond acceptors (Lipinski definition) is 3. The largest absolute Gasteiger partial charge is 0.480 e. The van der Waals surface area contributed by atoms with Gasteiger partial charge in [-0.25, -0.2) is 0 Å². The van der Waals surface area contributed by atoms with Crippen molar-refractivity contribution in [3.8, 4) is 0 Å². The number of alkyl halides is 3. The third kappa shape index (κ3) is 3.85. The fourth-order valence-electron chi connectivity index (χ4n) is 2.20. The molecular formula is C10H16F3NO3. The van der Waals surface area contributed by atoms with Crippen molar-refractivity contribution < 1.29 is 27.8 Å². The zero-order chi connectivity index (χ0) is 13.1. The zero-order valence-electron chi connectivity index (χ0n) is 9.29. The van der Waals surface area contributed by atoms with Crippen LogP contribution in [0.15, 0.2) is 0 Å². The van der Waals surface area contributed by atoms with E-state index in [1.165, 1.54) is 0 Å². The summed E-state index contributed by atoms with van der Waals surface area (Å²) in [5.41, 5.74) is 4.43. The van der Waals surface area contributed by atoms with Gasteiger partial charge >= 0.3 is 12.1 Å². The summed E-state index contributed by atoms with van der Waals surface area (Å²) < 4.78 is 39.8. The van der Waals surface area contributed by atoms with Crippen molar-refractivity contribution in [2.45, 2.75) is 37.4 Å². The van der Waals surface area contributed by atoms with E-state index in [1.54, 1.807) is 0 Å². The minimum Gasteiger partial charge on any atom is -0.480 e. The first-order valence-electron chi connectivity index (χ1n) is 5.42. The maximum absolute atomic E-state index is 11.8. The number of carboxylic acid groups (broad SMARTS) is 1. The summed E-state index contributed by atoms with van der Waals surface area (Å²) in [6.07, 6.45) is -2.42. The number of aliphatic carboxylic acids is 1. The lowest BCUT2D eigenvalue weighted by Gasteiger charge is -2.26. The van der Waals surface area contributed by atoms with E-state index < -0.39 is 24.3 Å². The fourth-order valence-corrected chi connectivity index (χ4v) is 2.20. The van der Waals surface area contributed by atoms with Gasteiger partial charge in [-0.05, 0) is 25.2 Å². The van der Waals surface area contributed by atoms with Gasteiger partial charge in [-0.2, -0.15) is 13.2 Å². The molecule has 0 bridgehead atoms. The molecule has 0 aromatic rings. The molecule has 2 unspecified atom stereocenters. The third-order valence-electron chi connectivity index (χ3n) is 3.15. The van der Waals surface area contributed by atoms with Crippen molar-refractivity contribution in [1.29, 1.82) is 0 Å². The molecule has 0 aromatic carbocycles. The second-order valence-electron chi connectivity index (χ2n) is 4.39.